The number of carbonyl (C=O) groups excluding carboxylic acids is 1. The summed E-state index contributed by atoms with van der Waals surface area (Å²) >= 11 is 0. The molecule has 6 nitrogen and oxygen atoms in total. The zero-order valence-electron chi connectivity index (χ0n) is 13.2. The van der Waals surface area contributed by atoms with E-state index in [0.29, 0.717) is 6.54 Å². The zero-order chi connectivity index (χ0) is 16.1. The Bertz CT molecular complexity index is 643. The van der Waals surface area contributed by atoms with E-state index in [0.717, 1.165) is 19.3 Å². The predicted octanol–water partition coefficient (Wildman–Crippen LogP) is 2.22. The minimum absolute atomic E-state index is 0.0519. The number of hydrogen-bond donors (Lipinski definition) is 1. The van der Waals surface area contributed by atoms with Crippen molar-refractivity contribution in [1.82, 2.24) is 14.9 Å². The Kier molecular flexibility index (Phi) is 3.23. The standard InChI is InChI=1S/C16H21N3O3/c1-15(2)6-10-7-16(3,8-15)9-19(10)13(20)11-12(14(21)22)18-5-4-17-11/h4-5,10H,6-9H2,1-3H3,(H,21,22). The molecule has 22 heavy (non-hydrogen) atoms. The van der Waals surface area contributed by atoms with Crippen molar-refractivity contribution in [3.05, 3.63) is 23.8 Å². The molecular formula is C16H21N3O3. The van der Waals surface area contributed by atoms with Gasteiger partial charge in [0.1, 0.15) is 0 Å². The van der Waals surface area contributed by atoms with Crippen molar-refractivity contribution >= 4 is 11.9 Å². The van der Waals surface area contributed by atoms with Crippen molar-refractivity contribution in [3.63, 3.8) is 0 Å². The van der Waals surface area contributed by atoms with Crippen molar-refractivity contribution in [1.29, 1.82) is 0 Å². The van der Waals surface area contributed by atoms with Gasteiger partial charge in [0.2, 0.25) is 0 Å². The van der Waals surface area contributed by atoms with E-state index in [9.17, 15) is 14.7 Å². The summed E-state index contributed by atoms with van der Waals surface area (Å²) in [5.74, 6) is -1.53. The van der Waals surface area contributed by atoms with Gasteiger partial charge in [0.15, 0.2) is 11.4 Å². The Morgan fingerprint density at radius 1 is 1.18 bits per heavy atom. The summed E-state index contributed by atoms with van der Waals surface area (Å²) in [6, 6.07) is 0.157. The number of amides is 1. The van der Waals surface area contributed by atoms with E-state index in [-0.39, 0.29) is 34.2 Å². The topological polar surface area (TPSA) is 83.4 Å². The van der Waals surface area contributed by atoms with Crippen LogP contribution >= 0.6 is 0 Å². The quantitative estimate of drug-likeness (QED) is 0.905. The number of hydrogen-bond acceptors (Lipinski definition) is 4. The molecule has 118 valence electrons. The van der Waals surface area contributed by atoms with Gasteiger partial charge in [-0.1, -0.05) is 20.8 Å². The summed E-state index contributed by atoms with van der Waals surface area (Å²) in [7, 11) is 0. The Balaban J connectivity index is 1.93. The molecule has 6 heteroatoms. The van der Waals surface area contributed by atoms with Crippen LogP contribution in [-0.4, -0.2) is 44.4 Å². The van der Waals surface area contributed by atoms with Crippen LogP contribution < -0.4 is 0 Å². The van der Waals surface area contributed by atoms with Crippen LogP contribution in [0.4, 0.5) is 0 Å². The van der Waals surface area contributed by atoms with E-state index in [2.05, 4.69) is 30.7 Å². The molecule has 1 saturated heterocycles. The first-order chi connectivity index (χ1) is 10.2. The Hall–Kier alpha value is -1.98. The SMILES string of the molecule is CC1(C)CC2CC(C)(CN2C(=O)c2nccnc2C(=O)O)C1. The molecule has 1 aromatic rings. The fourth-order valence-corrected chi connectivity index (χ4v) is 4.48. The Morgan fingerprint density at radius 2 is 1.82 bits per heavy atom. The first-order valence-electron chi connectivity index (χ1n) is 7.56. The minimum atomic E-state index is -1.22. The van der Waals surface area contributed by atoms with Crippen molar-refractivity contribution in [2.24, 2.45) is 10.8 Å². The first kappa shape index (κ1) is 14.9. The van der Waals surface area contributed by atoms with Crippen LogP contribution in [0.25, 0.3) is 0 Å². The summed E-state index contributed by atoms with van der Waals surface area (Å²) in [4.78, 5) is 33.7. The molecule has 1 aromatic heterocycles. The fourth-order valence-electron chi connectivity index (χ4n) is 4.48. The van der Waals surface area contributed by atoms with Gasteiger partial charge in [-0.15, -0.1) is 0 Å². The van der Waals surface area contributed by atoms with Crippen LogP contribution in [-0.2, 0) is 0 Å². The molecule has 0 spiro atoms. The van der Waals surface area contributed by atoms with Gasteiger partial charge in [-0.3, -0.25) is 4.79 Å². The van der Waals surface area contributed by atoms with Crippen molar-refractivity contribution in [2.45, 2.75) is 46.1 Å². The highest BCUT2D eigenvalue weighted by Gasteiger charge is 2.51. The largest absolute Gasteiger partial charge is 0.476 e. The molecule has 1 saturated carbocycles. The first-order valence-corrected chi connectivity index (χ1v) is 7.56. The Morgan fingerprint density at radius 3 is 2.45 bits per heavy atom. The third-order valence-electron chi connectivity index (χ3n) is 4.78. The van der Waals surface area contributed by atoms with Gasteiger partial charge in [0.25, 0.3) is 5.91 Å². The fraction of sp³-hybridized carbons (Fsp3) is 0.625. The molecule has 2 aliphatic rings. The molecule has 3 rings (SSSR count). The molecule has 1 aliphatic carbocycles. The normalized spacial score (nSPS) is 29.4. The number of aromatic nitrogens is 2. The number of carboxylic acids is 1. The highest BCUT2D eigenvalue weighted by molar-refractivity contribution is 6.02. The molecule has 1 amide bonds. The van der Waals surface area contributed by atoms with Crippen LogP contribution in [0.3, 0.4) is 0 Å². The molecule has 0 radical (unpaired) electrons. The predicted molar refractivity (Wildman–Crippen MR) is 79.6 cm³/mol. The zero-order valence-corrected chi connectivity index (χ0v) is 13.2. The van der Waals surface area contributed by atoms with Gasteiger partial charge in [-0.25, -0.2) is 14.8 Å². The van der Waals surface area contributed by atoms with E-state index in [1.165, 1.54) is 12.4 Å². The van der Waals surface area contributed by atoms with Crippen molar-refractivity contribution in [3.8, 4) is 0 Å². The highest BCUT2D eigenvalue weighted by Crippen LogP contribution is 2.52. The molecule has 2 unspecified atom stereocenters. The van der Waals surface area contributed by atoms with E-state index in [1.807, 2.05) is 4.90 Å². The molecule has 1 aliphatic heterocycles. The minimum Gasteiger partial charge on any atom is -0.476 e. The van der Waals surface area contributed by atoms with E-state index < -0.39 is 5.97 Å². The van der Waals surface area contributed by atoms with Gasteiger partial charge in [-0.05, 0) is 30.1 Å². The maximum Gasteiger partial charge on any atom is 0.356 e. The number of aromatic carboxylic acids is 1. The van der Waals surface area contributed by atoms with Gasteiger partial charge >= 0.3 is 5.97 Å². The summed E-state index contributed by atoms with van der Waals surface area (Å²) in [6.07, 6.45) is 5.66. The van der Waals surface area contributed by atoms with Gasteiger partial charge < -0.3 is 10.0 Å². The molecule has 2 fully saturated rings. The summed E-state index contributed by atoms with van der Waals surface area (Å²) in [5.41, 5.74) is -0.0134. The van der Waals surface area contributed by atoms with E-state index >= 15 is 0 Å². The summed E-state index contributed by atoms with van der Waals surface area (Å²) < 4.78 is 0. The second-order valence-corrected chi connectivity index (χ2v) is 7.71. The van der Waals surface area contributed by atoms with E-state index in [1.54, 1.807) is 0 Å². The maximum absolute atomic E-state index is 12.8. The Labute approximate surface area is 129 Å². The average Bonchev–Trinajstić information content (AvgIpc) is 2.67. The molecule has 2 atom stereocenters. The van der Waals surface area contributed by atoms with Crippen LogP contribution in [0.5, 0.6) is 0 Å². The van der Waals surface area contributed by atoms with Crippen molar-refractivity contribution in [2.75, 3.05) is 6.54 Å². The van der Waals surface area contributed by atoms with Crippen LogP contribution in [0.15, 0.2) is 12.4 Å². The van der Waals surface area contributed by atoms with Crippen LogP contribution in [0.1, 0.15) is 61.0 Å². The van der Waals surface area contributed by atoms with E-state index in [4.69, 9.17) is 0 Å². The number of carboxylic acid groups (broad SMARTS) is 1. The highest BCUT2D eigenvalue weighted by atomic mass is 16.4. The molecule has 1 N–H and O–H groups in total. The molecule has 2 bridgehead atoms. The second kappa shape index (κ2) is 4.76. The lowest BCUT2D eigenvalue weighted by Crippen LogP contribution is -2.38. The smallest absolute Gasteiger partial charge is 0.356 e. The van der Waals surface area contributed by atoms with Crippen LogP contribution in [0, 0.1) is 10.8 Å². The third-order valence-corrected chi connectivity index (χ3v) is 4.78. The number of nitrogens with zero attached hydrogens (tertiary/aromatic N) is 3. The van der Waals surface area contributed by atoms with Crippen LogP contribution in [0.2, 0.25) is 0 Å². The van der Waals surface area contributed by atoms with Gasteiger partial charge in [0.05, 0.1) is 0 Å². The second-order valence-electron chi connectivity index (χ2n) is 7.71. The van der Waals surface area contributed by atoms with Gasteiger partial charge in [0, 0.05) is 25.0 Å². The monoisotopic (exact) mass is 303 g/mol. The average molecular weight is 303 g/mol. The number of rotatable bonds is 2. The molecule has 2 heterocycles. The van der Waals surface area contributed by atoms with Gasteiger partial charge in [-0.2, -0.15) is 0 Å². The maximum atomic E-state index is 12.8. The number of fused-ring (bicyclic) bond motifs is 2. The van der Waals surface area contributed by atoms with Crippen molar-refractivity contribution < 1.29 is 14.7 Å². The lowest BCUT2D eigenvalue weighted by atomic mass is 9.65. The molecule has 0 aromatic carbocycles. The lowest BCUT2D eigenvalue weighted by molar-refractivity contribution is 0.0649. The molecular weight excluding hydrogens is 282 g/mol. The third kappa shape index (κ3) is 2.46. The lowest BCUT2D eigenvalue weighted by Gasteiger charge is -2.39. The number of carbonyl (C=O) groups is 2. The summed E-state index contributed by atoms with van der Waals surface area (Å²) in [6.45, 7) is 7.34. The summed E-state index contributed by atoms with van der Waals surface area (Å²) in [5, 5.41) is 9.21. The number of likely N-dealkylation sites (tertiary alicyclic amines) is 1.